The number of hydrogen-bond donors (Lipinski definition) is 2. The first-order chi connectivity index (χ1) is 7.02. The Morgan fingerprint density at radius 1 is 1.53 bits per heavy atom. The number of aryl methyl sites for hydroxylation is 1. The maximum atomic E-state index is 11.6. The van der Waals surface area contributed by atoms with E-state index in [0.717, 1.165) is 15.7 Å². The van der Waals surface area contributed by atoms with Gasteiger partial charge in [0.15, 0.2) is 0 Å². The molecule has 3 nitrogen and oxygen atoms in total. The summed E-state index contributed by atoms with van der Waals surface area (Å²) < 4.78 is 0.957. The van der Waals surface area contributed by atoms with E-state index in [-0.39, 0.29) is 11.8 Å². The Labute approximate surface area is 98.2 Å². The molecule has 0 aliphatic rings. The standard InChI is InChI=1S/C11H15BrN2O/c1-7-3-9(12)5-10(4-7)14-11(15)8(2)6-13/h3-5,8H,6,13H2,1-2H3,(H,14,15). The first-order valence-electron chi connectivity index (χ1n) is 4.81. The summed E-state index contributed by atoms with van der Waals surface area (Å²) in [5, 5.41) is 2.83. The minimum Gasteiger partial charge on any atom is -0.330 e. The van der Waals surface area contributed by atoms with Crippen LogP contribution in [0, 0.1) is 12.8 Å². The molecule has 1 aromatic carbocycles. The van der Waals surface area contributed by atoms with Crippen molar-refractivity contribution in [3.63, 3.8) is 0 Å². The molecule has 1 aromatic rings. The molecular formula is C11H15BrN2O. The number of nitrogens with two attached hydrogens (primary N) is 1. The van der Waals surface area contributed by atoms with E-state index in [1.807, 2.05) is 25.1 Å². The molecule has 1 amide bonds. The summed E-state index contributed by atoms with van der Waals surface area (Å²) in [6.45, 7) is 4.14. The van der Waals surface area contributed by atoms with Crippen LogP contribution < -0.4 is 11.1 Å². The van der Waals surface area contributed by atoms with Crippen LogP contribution >= 0.6 is 15.9 Å². The van der Waals surface area contributed by atoms with Gasteiger partial charge in [0.25, 0.3) is 0 Å². The van der Waals surface area contributed by atoms with Crippen molar-refractivity contribution in [2.24, 2.45) is 11.7 Å². The fourth-order valence-corrected chi connectivity index (χ4v) is 1.79. The van der Waals surface area contributed by atoms with Crippen LogP contribution in [0.3, 0.4) is 0 Å². The maximum Gasteiger partial charge on any atom is 0.228 e. The topological polar surface area (TPSA) is 55.1 Å². The van der Waals surface area contributed by atoms with Crippen LogP contribution in [0.4, 0.5) is 5.69 Å². The minimum atomic E-state index is -0.163. The highest BCUT2D eigenvalue weighted by Crippen LogP contribution is 2.19. The molecule has 0 radical (unpaired) electrons. The molecule has 0 bridgehead atoms. The largest absolute Gasteiger partial charge is 0.330 e. The number of carbonyl (C=O) groups excluding carboxylic acids is 1. The summed E-state index contributed by atoms with van der Waals surface area (Å²) in [4.78, 5) is 11.6. The van der Waals surface area contributed by atoms with E-state index in [4.69, 9.17) is 5.73 Å². The highest BCUT2D eigenvalue weighted by atomic mass is 79.9. The van der Waals surface area contributed by atoms with E-state index in [1.54, 1.807) is 6.92 Å². The second kappa shape index (κ2) is 5.28. The van der Waals surface area contributed by atoms with E-state index in [2.05, 4.69) is 21.2 Å². The third kappa shape index (κ3) is 3.64. The lowest BCUT2D eigenvalue weighted by Crippen LogP contribution is -2.26. The Morgan fingerprint density at radius 2 is 2.20 bits per heavy atom. The maximum absolute atomic E-state index is 11.6. The molecule has 0 aliphatic heterocycles. The first kappa shape index (κ1) is 12.2. The molecule has 1 atom stereocenters. The lowest BCUT2D eigenvalue weighted by atomic mass is 10.1. The summed E-state index contributed by atoms with van der Waals surface area (Å²) in [5.74, 6) is -0.209. The monoisotopic (exact) mass is 270 g/mol. The van der Waals surface area contributed by atoms with Crippen LogP contribution in [0.5, 0.6) is 0 Å². The van der Waals surface area contributed by atoms with Crippen molar-refractivity contribution in [3.05, 3.63) is 28.2 Å². The van der Waals surface area contributed by atoms with Crippen molar-refractivity contribution in [3.8, 4) is 0 Å². The van der Waals surface area contributed by atoms with Crippen LogP contribution in [0.1, 0.15) is 12.5 Å². The Morgan fingerprint density at radius 3 is 2.73 bits per heavy atom. The lowest BCUT2D eigenvalue weighted by molar-refractivity contribution is -0.119. The van der Waals surface area contributed by atoms with Gasteiger partial charge in [0.05, 0.1) is 0 Å². The molecule has 3 N–H and O–H groups in total. The van der Waals surface area contributed by atoms with Crippen LogP contribution in [0.2, 0.25) is 0 Å². The highest BCUT2D eigenvalue weighted by Gasteiger charge is 2.10. The Bertz CT molecular complexity index is 345. The van der Waals surface area contributed by atoms with Gasteiger partial charge in [-0.1, -0.05) is 22.9 Å². The molecular weight excluding hydrogens is 256 g/mol. The van der Waals surface area contributed by atoms with Crippen molar-refractivity contribution >= 4 is 27.5 Å². The third-order valence-electron chi connectivity index (χ3n) is 2.11. The fraction of sp³-hybridized carbons (Fsp3) is 0.364. The average molecular weight is 271 g/mol. The van der Waals surface area contributed by atoms with Crippen LogP contribution in [-0.4, -0.2) is 12.5 Å². The summed E-state index contributed by atoms with van der Waals surface area (Å²) in [5.41, 5.74) is 7.31. The third-order valence-corrected chi connectivity index (χ3v) is 2.57. The van der Waals surface area contributed by atoms with Gasteiger partial charge in [-0.2, -0.15) is 0 Å². The van der Waals surface area contributed by atoms with Gasteiger partial charge in [0.1, 0.15) is 0 Å². The molecule has 0 heterocycles. The number of hydrogen-bond acceptors (Lipinski definition) is 2. The van der Waals surface area contributed by atoms with Crippen molar-refractivity contribution in [2.45, 2.75) is 13.8 Å². The normalized spacial score (nSPS) is 12.3. The molecule has 1 unspecified atom stereocenters. The molecule has 1 rings (SSSR count). The van der Waals surface area contributed by atoms with Crippen molar-refractivity contribution in [1.82, 2.24) is 0 Å². The molecule has 0 fully saturated rings. The quantitative estimate of drug-likeness (QED) is 0.886. The summed E-state index contributed by atoms with van der Waals surface area (Å²) in [6.07, 6.45) is 0. The van der Waals surface area contributed by atoms with Gasteiger partial charge in [-0.25, -0.2) is 0 Å². The SMILES string of the molecule is Cc1cc(Br)cc(NC(=O)C(C)CN)c1. The van der Waals surface area contributed by atoms with Crippen molar-refractivity contribution in [2.75, 3.05) is 11.9 Å². The zero-order chi connectivity index (χ0) is 11.4. The van der Waals surface area contributed by atoms with E-state index >= 15 is 0 Å². The Kier molecular flexibility index (Phi) is 4.29. The summed E-state index contributed by atoms with van der Waals surface area (Å²) in [6, 6.07) is 5.78. The molecule has 0 aromatic heterocycles. The van der Waals surface area contributed by atoms with Gasteiger partial charge in [-0.05, 0) is 30.7 Å². The average Bonchev–Trinajstić information content (AvgIpc) is 2.14. The van der Waals surface area contributed by atoms with E-state index < -0.39 is 0 Å². The molecule has 82 valence electrons. The number of anilines is 1. The predicted octanol–water partition coefficient (Wildman–Crippen LogP) is 2.29. The van der Waals surface area contributed by atoms with E-state index in [9.17, 15) is 4.79 Å². The zero-order valence-corrected chi connectivity index (χ0v) is 10.5. The number of carbonyl (C=O) groups is 1. The number of halogens is 1. The van der Waals surface area contributed by atoms with E-state index in [1.165, 1.54) is 0 Å². The van der Waals surface area contributed by atoms with Crippen molar-refractivity contribution in [1.29, 1.82) is 0 Å². The summed E-state index contributed by atoms with van der Waals surface area (Å²) >= 11 is 3.38. The summed E-state index contributed by atoms with van der Waals surface area (Å²) in [7, 11) is 0. The molecule has 15 heavy (non-hydrogen) atoms. The van der Waals surface area contributed by atoms with Crippen LogP contribution in [-0.2, 0) is 4.79 Å². The van der Waals surface area contributed by atoms with Gasteiger partial charge < -0.3 is 11.1 Å². The van der Waals surface area contributed by atoms with Crippen molar-refractivity contribution < 1.29 is 4.79 Å². The second-order valence-corrected chi connectivity index (χ2v) is 4.56. The molecule has 4 heteroatoms. The first-order valence-corrected chi connectivity index (χ1v) is 5.60. The highest BCUT2D eigenvalue weighted by molar-refractivity contribution is 9.10. The molecule has 0 aliphatic carbocycles. The fourth-order valence-electron chi connectivity index (χ4n) is 1.18. The Balaban J connectivity index is 2.76. The lowest BCUT2D eigenvalue weighted by Gasteiger charge is -2.10. The van der Waals surface area contributed by atoms with Gasteiger partial charge in [-0.3, -0.25) is 4.79 Å². The van der Waals surface area contributed by atoms with Gasteiger partial charge in [0, 0.05) is 22.6 Å². The van der Waals surface area contributed by atoms with Gasteiger partial charge in [-0.15, -0.1) is 0 Å². The predicted molar refractivity (Wildman–Crippen MR) is 65.7 cm³/mol. The van der Waals surface area contributed by atoms with E-state index in [0.29, 0.717) is 6.54 Å². The second-order valence-electron chi connectivity index (χ2n) is 3.64. The van der Waals surface area contributed by atoms with Crippen LogP contribution in [0.15, 0.2) is 22.7 Å². The Hall–Kier alpha value is -0.870. The van der Waals surface area contributed by atoms with Gasteiger partial charge >= 0.3 is 0 Å². The molecule has 0 spiro atoms. The number of rotatable bonds is 3. The minimum absolute atomic E-state index is 0.0463. The molecule has 0 saturated carbocycles. The zero-order valence-electron chi connectivity index (χ0n) is 8.88. The number of benzene rings is 1. The smallest absolute Gasteiger partial charge is 0.228 e. The van der Waals surface area contributed by atoms with Gasteiger partial charge in [0.2, 0.25) is 5.91 Å². The number of nitrogens with one attached hydrogen (secondary N) is 1. The molecule has 0 saturated heterocycles. The van der Waals surface area contributed by atoms with Crippen LogP contribution in [0.25, 0.3) is 0 Å². The number of amides is 1.